The van der Waals surface area contributed by atoms with Gasteiger partial charge in [-0.25, -0.2) is 4.98 Å². The maximum absolute atomic E-state index is 12.4. The molecule has 1 saturated heterocycles. The van der Waals surface area contributed by atoms with Crippen molar-refractivity contribution in [3.05, 3.63) is 29.5 Å². The quantitative estimate of drug-likeness (QED) is 0.941. The van der Waals surface area contributed by atoms with Crippen LogP contribution in [0.1, 0.15) is 23.0 Å². The Morgan fingerprint density at radius 2 is 2.33 bits per heavy atom. The van der Waals surface area contributed by atoms with Crippen LogP contribution in [0.2, 0.25) is 0 Å². The van der Waals surface area contributed by atoms with Crippen LogP contribution in [0.15, 0.2) is 29.0 Å². The molecule has 1 atom stereocenters. The molecule has 21 heavy (non-hydrogen) atoms. The highest BCUT2D eigenvalue weighted by Crippen LogP contribution is 2.32. The van der Waals surface area contributed by atoms with Gasteiger partial charge in [-0.1, -0.05) is 0 Å². The van der Waals surface area contributed by atoms with E-state index >= 15 is 0 Å². The molecule has 1 aliphatic rings. The molecule has 7 heteroatoms. The number of amides is 1. The molecule has 1 amide bonds. The van der Waals surface area contributed by atoms with Gasteiger partial charge < -0.3 is 14.4 Å². The molecular weight excluding hydrogens is 292 g/mol. The summed E-state index contributed by atoms with van der Waals surface area (Å²) in [5.74, 6) is -0.412. The van der Waals surface area contributed by atoms with Crippen molar-refractivity contribution in [3.8, 4) is 10.8 Å². The topological polar surface area (TPSA) is 83.6 Å². The molecule has 2 aromatic heterocycles. The normalized spacial score (nSPS) is 21.7. The SMILES string of the molecule is CC1(C(=O)O)CCN(C(=O)c2cnc(-c3ccco3)s2)C1. The maximum Gasteiger partial charge on any atom is 0.311 e. The summed E-state index contributed by atoms with van der Waals surface area (Å²) in [6, 6.07) is 3.54. The first-order chi connectivity index (χ1) is 9.99. The van der Waals surface area contributed by atoms with Gasteiger partial charge in [0.2, 0.25) is 0 Å². The Labute approximate surface area is 125 Å². The third-order valence-electron chi connectivity index (χ3n) is 3.73. The second kappa shape index (κ2) is 5.00. The zero-order valence-electron chi connectivity index (χ0n) is 11.4. The Morgan fingerprint density at radius 1 is 1.52 bits per heavy atom. The first-order valence-corrected chi connectivity index (χ1v) is 7.34. The van der Waals surface area contributed by atoms with Crippen molar-refractivity contribution in [2.24, 2.45) is 5.41 Å². The molecule has 0 bridgehead atoms. The van der Waals surface area contributed by atoms with Gasteiger partial charge in [-0.2, -0.15) is 0 Å². The fraction of sp³-hybridized carbons (Fsp3) is 0.357. The predicted molar refractivity (Wildman–Crippen MR) is 76.1 cm³/mol. The Hall–Kier alpha value is -2.15. The second-order valence-electron chi connectivity index (χ2n) is 5.35. The third kappa shape index (κ3) is 2.44. The molecule has 3 heterocycles. The molecule has 110 valence electrons. The number of nitrogens with zero attached hydrogens (tertiary/aromatic N) is 2. The van der Waals surface area contributed by atoms with Gasteiger partial charge in [-0.15, -0.1) is 11.3 Å². The predicted octanol–water partition coefficient (Wildman–Crippen LogP) is 2.34. The largest absolute Gasteiger partial charge is 0.481 e. The monoisotopic (exact) mass is 306 g/mol. The van der Waals surface area contributed by atoms with E-state index in [0.717, 1.165) is 0 Å². The molecule has 0 spiro atoms. The van der Waals surface area contributed by atoms with Gasteiger partial charge in [0.1, 0.15) is 4.88 Å². The van der Waals surface area contributed by atoms with E-state index in [1.54, 1.807) is 30.2 Å². The van der Waals surface area contributed by atoms with Gasteiger partial charge in [-0.3, -0.25) is 9.59 Å². The van der Waals surface area contributed by atoms with E-state index in [0.29, 0.717) is 28.6 Å². The van der Waals surface area contributed by atoms with Crippen LogP contribution >= 0.6 is 11.3 Å². The number of hydrogen-bond acceptors (Lipinski definition) is 5. The molecular formula is C14H14N2O4S. The molecule has 1 N–H and O–H groups in total. The van der Waals surface area contributed by atoms with Crippen LogP contribution in [0.5, 0.6) is 0 Å². The van der Waals surface area contributed by atoms with Crippen molar-refractivity contribution in [1.29, 1.82) is 0 Å². The average Bonchev–Trinajstić information content (AvgIpc) is 3.18. The summed E-state index contributed by atoms with van der Waals surface area (Å²) in [6.45, 7) is 2.36. The highest BCUT2D eigenvalue weighted by Gasteiger charge is 2.42. The van der Waals surface area contributed by atoms with Gasteiger partial charge in [-0.05, 0) is 25.5 Å². The number of carboxylic acids is 1. The fourth-order valence-corrected chi connectivity index (χ4v) is 3.20. The average molecular weight is 306 g/mol. The van der Waals surface area contributed by atoms with Crippen molar-refractivity contribution in [1.82, 2.24) is 9.88 Å². The summed E-state index contributed by atoms with van der Waals surface area (Å²) in [7, 11) is 0. The van der Waals surface area contributed by atoms with Gasteiger partial charge in [0.25, 0.3) is 5.91 Å². The lowest BCUT2D eigenvalue weighted by Gasteiger charge is -2.19. The first-order valence-electron chi connectivity index (χ1n) is 6.52. The lowest BCUT2D eigenvalue weighted by Crippen LogP contribution is -2.34. The first kappa shape index (κ1) is 13.8. The molecule has 1 fully saturated rings. The van der Waals surface area contributed by atoms with E-state index < -0.39 is 11.4 Å². The van der Waals surface area contributed by atoms with Crippen molar-refractivity contribution in [3.63, 3.8) is 0 Å². The van der Waals surface area contributed by atoms with Gasteiger partial charge >= 0.3 is 5.97 Å². The summed E-state index contributed by atoms with van der Waals surface area (Å²) in [5, 5.41) is 9.85. The van der Waals surface area contributed by atoms with Crippen molar-refractivity contribution in [2.75, 3.05) is 13.1 Å². The van der Waals surface area contributed by atoms with E-state index in [-0.39, 0.29) is 12.5 Å². The van der Waals surface area contributed by atoms with E-state index in [1.807, 2.05) is 0 Å². The van der Waals surface area contributed by atoms with Crippen molar-refractivity contribution < 1.29 is 19.1 Å². The van der Waals surface area contributed by atoms with Crippen LogP contribution in [0.25, 0.3) is 10.8 Å². The van der Waals surface area contributed by atoms with E-state index in [1.165, 1.54) is 17.5 Å². The molecule has 3 rings (SSSR count). The fourth-order valence-electron chi connectivity index (χ4n) is 2.35. The third-order valence-corrected chi connectivity index (χ3v) is 4.73. The van der Waals surface area contributed by atoms with Gasteiger partial charge in [0.05, 0.1) is 17.9 Å². The summed E-state index contributed by atoms with van der Waals surface area (Å²) in [4.78, 5) is 29.9. The number of aromatic nitrogens is 1. The molecule has 0 saturated carbocycles. The number of carbonyl (C=O) groups is 2. The smallest absolute Gasteiger partial charge is 0.311 e. The number of likely N-dealkylation sites (tertiary alicyclic amines) is 1. The lowest BCUT2D eigenvalue weighted by molar-refractivity contribution is -0.147. The Morgan fingerprint density at radius 3 is 2.95 bits per heavy atom. The van der Waals surface area contributed by atoms with Crippen LogP contribution in [-0.2, 0) is 4.79 Å². The maximum atomic E-state index is 12.4. The zero-order valence-corrected chi connectivity index (χ0v) is 12.2. The van der Waals surface area contributed by atoms with Gasteiger partial charge in [0, 0.05) is 13.1 Å². The highest BCUT2D eigenvalue weighted by molar-refractivity contribution is 7.16. The van der Waals surface area contributed by atoms with Crippen molar-refractivity contribution in [2.45, 2.75) is 13.3 Å². The summed E-state index contributed by atoms with van der Waals surface area (Å²) < 4.78 is 5.25. The summed E-state index contributed by atoms with van der Waals surface area (Å²) in [5.41, 5.74) is -0.857. The van der Waals surface area contributed by atoms with Crippen LogP contribution in [0.4, 0.5) is 0 Å². The van der Waals surface area contributed by atoms with Crippen LogP contribution < -0.4 is 0 Å². The molecule has 2 aromatic rings. The van der Waals surface area contributed by atoms with Crippen LogP contribution in [0.3, 0.4) is 0 Å². The Kier molecular flexibility index (Phi) is 3.29. The molecule has 1 aliphatic heterocycles. The van der Waals surface area contributed by atoms with Crippen molar-refractivity contribution >= 4 is 23.2 Å². The zero-order chi connectivity index (χ0) is 15.0. The van der Waals surface area contributed by atoms with E-state index in [9.17, 15) is 14.7 Å². The second-order valence-corrected chi connectivity index (χ2v) is 6.38. The van der Waals surface area contributed by atoms with Gasteiger partial charge in [0.15, 0.2) is 10.8 Å². The number of rotatable bonds is 3. The minimum absolute atomic E-state index is 0.171. The van der Waals surface area contributed by atoms with E-state index in [2.05, 4.69) is 4.98 Å². The summed E-state index contributed by atoms with van der Waals surface area (Å²) in [6.07, 6.45) is 3.54. The highest BCUT2D eigenvalue weighted by atomic mass is 32.1. The molecule has 0 aromatic carbocycles. The number of hydrogen-bond donors (Lipinski definition) is 1. The molecule has 0 radical (unpaired) electrons. The van der Waals surface area contributed by atoms with Crippen LogP contribution in [0, 0.1) is 5.41 Å². The Bertz CT molecular complexity index is 679. The number of carbonyl (C=O) groups excluding carboxylic acids is 1. The molecule has 0 aliphatic carbocycles. The Balaban J connectivity index is 1.76. The lowest BCUT2D eigenvalue weighted by atomic mass is 9.90. The van der Waals surface area contributed by atoms with Crippen LogP contribution in [-0.4, -0.2) is 40.0 Å². The minimum Gasteiger partial charge on any atom is -0.481 e. The minimum atomic E-state index is -0.863. The number of thiazole rings is 1. The summed E-state index contributed by atoms with van der Waals surface area (Å²) >= 11 is 1.25. The standard InChI is InChI=1S/C14H14N2O4S/c1-14(13(18)19)4-5-16(8-14)12(17)10-7-15-11(21-10)9-3-2-6-20-9/h2-3,6-7H,4-5,8H2,1H3,(H,18,19). The number of aliphatic carboxylic acids is 1. The molecule has 6 nitrogen and oxygen atoms in total. The molecule has 1 unspecified atom stereocenters. The number of carboxylic acid groups (broad SMARTS) is 1. The van der Waals surface area contributed by atoms with E-state index in [4.69, 9.17) is 4.42 Å². The number of furan rings is 1.